The predicted octanol–water partition coefficient (Wildman–Crippen LogP) is 3.17. The normalized spacial score (nSPS) is 23.4. The van der Waals surface area contributed by atoms with Gasteiger partial charge in [0.15, 0.2) is 0 Å². The van der Waals surface area contributed by atoms with Gasteiger partial charge in [-0.2, -0.15) is 0 Å². The Morgan fingerprint density at radius 2 is 2.00 bits per heavy atom. The summed E-state index contributed by atoms with van der Waals surface area (Å²) in [5.41, 5.74) is 9.48. The van der Waals surface area contributed by atoms with Crippen molar-refractivity contribution in [3.05, 3.63) is 22.9 Å². The minimum atomic E-state index is 0.569. The zero-order valence-electron chi connectivity index (χ0n) is 12.7. The molecule has 0 aliphatic heterocycles. The highest BCUT2D eigenvalue weighted by molar-refractivity contribution is 5.52. The van der Waals surface area contributed by atoms with E-state index in [1.807, 2.05) is 0 Å². The lowest BCUT2D eigenvalue weighted by Crippen LogP contribution is -2.40. The fraction of sp³-hybridized carbons (Fsp3) is 0.688. The zero-order chi connectivity index (χ0) is 14.0. The summed E-state index contributed by atoms with van der Waals surface area (Å²) >= 11 is 0. The summed E-state index contributed by atoms with van der Waals surface area (Å²) in [5.74, 6) is 1.84. The van der Waals surface area contributed by atoms with Gasteiger partial charge in [-0.3, -0.25) is 0 Å². The van der Waals surface area contributed by atoms with Crippen LogP contribution in [0.3, 0.4) is 0 Å². The number of aromatic nitrogens is 1. The number of aryl methyl sites for hydroxylation is 2. The molecule has 0 radical (unpaired) electrons. The molecular weight excluding hydrogens is 234 g/mol. The summed E-state index contributed by atoms with van der Waals surface area (Å²) < 4.78 is 0. The van der Waals surface area contributed by atoms with Crippen LogP contribution in [0.2, 0.25) is 0 Å². The van der Waals surface area contributed by atoms with Crippen molar-refractivity contribution in [2.75, 3.05) is 11.9 Å². The fourth-order valence-corrected chi connectivity index (χ4v) is 3.42. The lowest BCUT2D eigenvalue weighted by molar-refractivity contribution is 0.320. The second-order valence-electron chi connectivity index (χ2n) is 6.03. The largest absolute Gasteiger partial charge is 0.356 e. The standard InChI is InChI=1S/C16H27N3/c1-11-7-5-6-8-15(11)19(4)16-14(10-17)12(2)9-13(3)18-16/h9,11,15H,5-8,10,17H2,1-4H3. The Kier molecular flexibility index (Phi) is 4.46. The molecule has 3 heteroatoms. The molecule has 1 aliphatic carbocycles. The Hall–Kier alpha value is -1.09. The highest BCUT2D eigenvalue weighted by Crippen LogP contribution is 2.32. The van der Waals surface area contributed by atoms with Crippen LogP contribution in [0.4, 0.5) is 5.82 Å². The van der Waals surface area contributed by atoms with Gasteiger partial charge in [0, 0.05) is 30.9 Å². The first-order chi connectivity index (χ1) is 9.04. The summed E-state index contributed by atoms with van der Waals surface area (Å²) in [6.07, 6.45) is 5.31. The Morgan fingerprint density at radius 3 is 2.63 bits per heavy atom. The van der Waals surface area contributed by atoms with Crippen molar-refractivity contribution >= 4 is 5.82 Å². The van der Waals surface area contributed by atoms with E-state index in [2.05, 4.69) is 38.8 Å². The molecule has 2 rings (SSSR count). The quantitative estimate of drug-likeness (QED) is 0.908. The first-order valence-electron chi connectivity index (χ1n) is 7.44. The van der Waals surface area contributed by atoms with Crippen LogP contribution in [0.5, 0.6) is 0 Å². The second-order valence-corrected chi connectivity index (χ2v) is 6.03. The summed E-state index contributed by atoms with van der Waals surface area (Å²) in [7, 11) is 2.19. The molecule has 2 unspecified atom stereocenters. The molecule has 0 spiro atoms. The van der Waals surface area contributed by atoms with Crippen molar-refractivity contribution in [1.82, 2.24) is 4.98 Å². The number of pyridine rings is 1. The first-order valence-corrected chi connectivity index (χ1v) is 7.44. The van der Waals surface area contributed by atoms with Crippen LogP contribution in [0, 0.1) is 19.8 Å². The third kappa shape index (κ3) is 2.92. The lowest BCUT2D eigenvalue weighted by atomic mass is 9.85. The van der Waals surface area contributed by atoms with Crippen molar-refractivity contribution in [3.8, 4) is 0 Å². The van der Waals surface area contributed by atoms with E-state index in [0.717, 1.165) is 17.4 Å². The lowest BCUT2D eigenvalue weighted by Gasteiger charge is -2.38. The van der Waals surface area contributed by atoms with Crippen molar-refractivity contribution in [3.63, 3.8) is 0 Å². The third-order valence-corrected chi connectivity index (χ3v) is 4.56. The van der Waals surface area contributed by atoms with E-state index < -0.39 is 0 Å². The zero-order valence-corrected chi connectivity index (χ0v) is 12.7. The number of nitrogens with two attached hydrogens (primary N) is 1. The molecule has 0 saturated heterocycles. The van der Waals surface area contributed by atoms with Crippen molar-refractivity contribution in [2.45, 2.75) is 59.0 Å². The molecule has 3 nitrogen and oxygen atoms in total. The van der Waals surface area contributed by atoms with Crippen molar-refractivity contribution < 1.29 is 0 Å². The van der Waals surface area contributed by atoms with E-state index in [9.17, 15) is 0 Å². The van der Waals surface area contributed by atoms with Gasteiger partial charge in [-0.1, -0.05) is 19.8 Å². The van der Waals surface area contributed by atoms with Crippen molar-refractivity contribution in [2.24, 2.45) is 11.7 Å². The molecule has 0 bridgehead atoms. The van der Waals surface area contributed by atoms with E-state index in [1.165, 1.54) is 36.8 Å². The van der Waals surface area contributed by atoms with E-state index in [-0.39, 0.29) is 0 Å². The van der Waals surface area contributed by atoms with Gasteiger partial charge in [0.25, 0.3) is 0 Å². The van der Waals surface area contributed by atoms with Gasteiger partial charge >= 0.3 is 0 Å². The van der Waals surface area contributed by atoms with Crippen molar-refractivity contribution in [1.29, 1.82) is 0 Å². The van der Waals surface area contributed by atoms with E-state index >= 15 is 0 Å². The van der Waals surface area contributed by atoms with Gasteiger partial charge in [0.05, 0.1) is 0 Å². The summed E-state index contributed by atoms with van der Waals surface area (Å²) in [6, 6.07) is 2.73. The average molecular weight is 261 g/mol. The Labute approximate surface area is 117 Å². The van der Waals surface area contributed by atoms with Gasteiger partial charge < -0.3 is 10.6 Å². The summed E-state index contributed by atoms with van der Waals surface area (Å²) in [6.45, 7) is 7.14. The molecule has 1 fully saturated rings. The SMILES string of the molecule is Cc1cc(C)c(CN)c(N(C)C2CCCCC2C)n1. The highest BCUT2D eigenvalue weighted by Gasteiger charge is 2.27. The Morgan fingerprint density at radius 1 is 1.32 bits per heavy atom. The van der Waals surface area contributed by atoms with E-state index in [0.29, 0.717) is 12.6 Å². The molecule has 1 aromatic heterocycles. The van der Waals surface area contributed by atoms with Crippen LogP contribution < -0.4 is 10.6 Å². The van der Waals surface area contributed by atoms with Crippen LogP contribution in [-0.4, -0.2) is 18.1 Å². The molecule has 2 N–H and O–H groups in total. The second kappa shape index (κ2) is 5.91. The number of nitrogens with zero attached hydrogens (tertiary/aromatic N) is 2. The number of hydrogen-bond acceptors (Lipinski definition) is 3. The van der Waals surface area contributed by atoms with Gasteiger partial charge in [-0.15, -0.1) is 0 Å². The van der Waals surface area contributed by atoms with E-state index in [4.69, 9.17) is 10.7 Å². The Balaban J connectivity index is 2.34. The van der Waals surface area contributed by atoms with Crippen LogP contribution in [0.15, 0.2) is 6.07 Å². The predicted molar refractivity (Wildman–Crippen MR) is 81.4 cm³/mol. The van der Waals surface area contributed by atoms with Gasteiger partial charge in [0.1, 0.15) is 5.82 Å². The monoisotopic (exact) mass is 261 g/mol. The maximum Gasteiger partial charge on any atom is 0.133 e. The number of anilines is 1. The average Bonchev–Trinajstić information content (AvgIpc) is 2.37. The topological polar surface area (TPSA) is 42.1 Å². The maximum absolute atomic E-state index is 5.94. The molecule has 0 amide bonds. The molecular formula is C16H27N3. The van der Waals surface area contributed by atoms with Crippen LogP contribution >= 0.6 is 0 Å². The molecule has 19 heavy (non-hydrogen) atoms. The smallest absolute Gasteiger partial charge is 0.133 e. The van der Waals surface area contributed by atoms with Crippen LogP contribution in [0.25, 0.3) is 0 Å². The number of rotatable bonds is 3. The molecule has 0 aromatic carbocycles. The first kappa shape index (κ1) is 14.3. The molecule has 1 aliphatic rings. The van der Waals surface area contributed by atoms with Crippen LogP contribution in [-0.2, 0) is 6.54 Å². The van der Waals surface area contributed by atoms with Gasteiger partial charge in [0.2, 0.25) is 0 Å². The van der Waals surface area contributed by atoms with Gasteiger partial charge in [-0.05, 0) is 44.2 Å². The molecule has 1 saturated carbocycles. The minimum absolute atomic E-state index is 0.569. The Bertz CT molecular complexity index is 442. The fourth-order valence-electron chi connectivity index (χ4n) is 3.42. The highest BCUT2D eigenvalue weighted by atomic mass is 15.2. The van der Waals surface area contributed by atoms with Gasteiger partial charge in [-0.25, -0.2) is 4.98 Å². The summed E-state index contributed by atoms with van der Waals surface area (Å²) in [5, 5.41) is 0. The summed E-state index contributed by atoms with van der Waals surface area (Å²) in [4.78, 5) is 7.14. The van der Waals surface area contributed by atoms with E-state index in [1.54, 1.807) is 0 Å². The van der Waals surface area contributed by atoms with Crippen LogP contribution in [0.1, 0.15) is 49.4 Å². The number of hydrogen-bond donors (Lipinski definition) is 1. The molecule has 106 valence electrons. The maximum atomic E-state index is 5.94. The molecule has 1 heterocycles. The molecule has 1 aromatic rings. The minimum Gasteiger partial charge on any atom is -0.356 e. The third-order valence-electron chi connectivity index (χ3n) is 4.56. The molecule has 2 atom stereocenters.